The van der Waals surface area contributed by atoms with Crippen LogP contribution < -0.4 is 0 Å². The van der Waals surface area contributed by atoms with Crippen molar-refractivity contribution < 1.29 is 18.7 Å². The van der Waals surface area contributed by atoms with E-state index < -0.39 is 17.6 Å². The van der Waals surface area contributed by atoms with Crippen molar-refractivity contribution in [3.05, 3.63) is 39.9 Å². The number of allylic oxidation sites excluding steroid dienone is 1. The van der Waals surface area contributed by atoms with Crippen molar-refractivity contribution >= 4 is 27.5 Å². The van der Waals surface area contributed by atoms with Crippen LogP contribution in [0.25, 0.3) is 5.57 Å². The Morgan fingerprint density at radius 3 is 2.60 bits per heavy atom. The molecule has 2 nitrogen and oxygen atoms in total. The highest BCUT2D eigenvalue weighted by molar-refractivity contribution is 9.10. The van der Waals surface area contributed by atoms with Crippen molar-refractivity contribution in [3.63, 3.8) is 0 Å². The van der Waals surface area contributed by atoms with Gasteiger partial charge < -0.3 is 5.11 Å². The molecule has 0 heterocycles. The Bertz CT molecular complexity index is 441. The predicted octanol–water partition coefficient (Wildman–Crippen LogP) is 3.37. The molecule has 0 aliphatic heterocycles. The van der Waals surface area contributed by atoms with E-state index >= 15 is 0 Å². The monoisotopic (exact) mass is 276 g/mol. The zero-order valence-electron chi connectivity index (χ0n) is 7.72. The van der Waals surface area contributed by atoms with E-state index in [1.165, 1.54) is 19.1 Å². The number of carbonyl (C=O) groups is 1. The van der Waals surface area contributed by atoms with Gasteiger partial charge in [-0.3, -0.25) is 0 Å². The molecule has 0 spiro atoms. The Kier molecular flexibility index (Phi) is 3.57. The van der Waals surface area contributed by atoms with Crippen LogP contribution in [0.4, 0.5) is 8.78 Å². The van der Waals surface area contributed by atoms with Gasteiger partial charge in [-0.25, -0.2) is 9.18 Å². The van der Waals surface area contributed by atoms with E-state index in [1.807, 2.05) is 0 Å². The maximum atomic E-state index is 13.2. The van der Waals surface area contributed by atoms with Gasteiger partial charge in [0.15, 0.2) is 0 Å². The number of rotatable bonds is 2. The van der Waals surface area contributed by atoms with Crippen LogP contribution in [0, 0.1) is 5.82 Å². The highest BCUT2D eigenvalue weighted by Crippen LogP contribution is 2.25. The lowest BCUT2D eigenvalue weighted by Crippen LogP contribution is -1.99. The van der Waals surface area contributed by atoms with Crippen LogP contribution in [0.3, 0.4) is 0 Å². The van der Waals surface area contributed by atoms with Gasteiger partial charge in [-0.1, -0.05) is 15.9 Å². The van der Waals surface area contributed by atoms with Crippen LogP contribution in [0.1, 0.15) is 12.5 Å². The van der Waals surface area contributed by atoms with Crippen LogP contribution >= 0.6 is 15.9 Å². The summed E-state index contributed by atoms with van der Waals surface area (Å²) in [7, 11) is 0. The molecule has 1 rings (SSSR count). The van der Waals surface area contributed by atoms with Crippen molar-refractivity contribution in [3.8, 4) is 0 Å². The van der Waals surface area contributed by atoms with E-state index in [4.69, 9.17) is 5.11 Å². The Balaban J connectivity index is 3.33. The quantitative estimate of drug-likeness (QED) is 0.841. The fraction of sp³-hybridized carbons (Fsp3) is 0.100. The summed E-state index contributed by atoms with van der Waals surface area (Å²) in [5.41, 5.74) is -0.300. The van der Waals surface area contributed by atoms with Crippen LogP contribution in [-0.2, 0) is 4.79 Å². The summed E-state index contributed by atoms with van der Waals surface area (Å²) < 4.78 is 26.8. The average Bonchev–Trinajstić information content (AvgIpc) is 2.19. The number of hydrogen-bond donors (Lipinski definition) is 1. The molecule has 0 saturated carbocycles. The standard InChI is InChI=1S/C10H7BrF2O2/c1-5(9(13)10(14)15)7-4-6(11)2-3-8(7)12/h2-4H,1H3,(H,14,15)/b9-5-. The van der Waals surface area contributed by atoms with Crippen LogP contribution in [0.2, 0.25) is 0 Å². The summed E-state index contributed by atoms with van der Waals surface area (Å²) in [6.07, 6.45) is 0. The van der Waals surface area contributed by atoms with Crippen LogP contribution in [-0.4, -0.2) is 11.1 Å². The first-order chi connectivity index (χ1) is 6.93. The highest BCUT2D eigenvalue weighted by atomic mass is 79.9. The molecule has 0 amide bonds. The van der Waals surface area contributed by atoms with Crippen molar-refractivity contribution in [2.45, 2.75) is 6.92 Å². The van der Waals surface area contributed by atoms with Gasteiger partial charge in [0.2, 0.25) is 5.83 Å². The van der Waals surface area contributed by atoms with Gasteiger partial charge in [0.25, 0.3) is 0 Å². The lowest BCUT2D eigenvalue weighted by Gasteiger charge is -2.04. The van der Waals surface area contributed by atoms with Gasteiger partial charge in [0, 0.05) is 15.6 Å². The number of carboxylic acid groups (broad SMARTS) is 1. The average molecular weight is 277 g/mol. The smallest absolute Gasteiger partial charge is 0.365 e. The van der Waals surface area contributed by atoms with E-state index in [1.54, 1.807) is 0 Å². The molecule has 0 fully saturated rings. The predicted molar refractivity (Wildman–Crippen MR) is 55.4 cm³/mol. The number of hydrogen-bond acceptors (Lipinski definition) is 1. The highest BCUT2D eigenvalue weighted by Gasteiger charge is 2.14. The zero-order chi connectivity index (χ0) is 11.6. The third-order valence-corrected chi connectivity index (χ3v) is 2.34. The molecule has 0 aliphatic rings. The van der Waals surface area contributed by atoms with Crippen molar-refractivity contribution in [2.24, 2.45) is 0 Å². The third kappa shape index (κ3) is 2.62. The second-order valence-electron chi connectivity index (χ2n) is 2.87. The molecule has 1 aromatic carbocycles. The minimum absolute atomic E-state index is 0.0655. The van der Waals surface area contributed by atoms with E-state index in [0.717, 1.165) is 6.07 Å². The van der Waals surface area contributed by atoms with Crippen molar-refractivity contribution in [1.29, 1.82) is 0 Å². The third-order valence-electron chi connectivity index (χ3n) is 1.85. The largest absolute Gasteiger partial charge is 0.476 e. The molecule has 80 valence electrons. The van der Waals surface area contributed by atoms with E-state index in [9.17, 15) is 13.6 Å². The maximum Gasteiger partial charge on any atom is 0.365 e. The second-order valence-corrected chi connectivity index (χ2v) is 3.78. The lowest BCUT2D eigenvalue weighted by molar-refractivity contribution is -0.134. The van der Waals surface area contributed by atoms with Gasteiger partial charge >= 0.3 is 5.97 Å². The first-order valence-electron chi connectivity index (χ1n) is 3.98. The number of aliphatic carboxylic acids is 1. The molecular weight excluding hydrogens is 270 g/mol. The maximum absolute atomic E-state index is 13.2. The molecule has 1 N–H and O–H groups in total. The fourth-order valence-electron chi connectivity index (χ4n) is 1.06. The van der Waals surface area contributed by atoms with Gasteiger partial charge in [0.05, 0.1) is 0 Å². The first-order valence-corrected chi connectivity index (χ1v) is 4.78. The van der Waals surface area contributed by atoms with Crippen LogP contribution in [0.15, 0.2) is 28.5 Å². The zero-order valence-corrected chi connectivity index (χ0v) is 9.31. The van der Waals surface area contributed by atoms with Gasteiger partial charge in [-0.15, -0.1) is 0 Å². The first kappa shape index (κ1) is 11.8. The normalized spacial score (nSPS) is 12.3. The summed E-state index contributed by atoms with van der Waals surface area (Å²) in [6.45, 7) is 1.22. The summed E-state index contributed by atoms with van der Waals surface area (Å²) in [6, 6.07) is 3.91. The Morgan fingerprint density at radius 2 is 2.07 bits per heavy atom. The molecule has 0 unspecified atom stereocenters. The van der Waals surface area contributed by atoms with Gasteiger partial charge in [0.1, 0.15) is 5.82 Å². The molecule has 0 radical (unpaired) electrons. The van der Waals surface area contributed by atoms with Crippen molar-refractivity contribution in [2.75, 3.05) is 0 Å². The van der Waals surface area contributed by atoms with E-state index in [-0.39, 0.29) is 11.1 Å². The topological polar surface area (TPSA) is 37.3 Å². The van der Waals surface area contributed by atoms with E-state index in [0.29, 0.717) is 4.47 Å². The summed E-state index contributed by atoms with van der Waals surface area (Å²) >= 11 is 3.09. The molecule has 15 heavy (non-hydrogen) atoms. The SMILES string of the molecule is C/C(=C(/F)C(=O)O)c1cc(Br)ccc1F. The van der Waals surface area contributed by atoms with Gasteiger partial charge in [-0.05, 0) is 25.1 Å². The molecular formula is C10H7BrF2O2. The number of halogens is 3. The minimum Gasteiger partial charge on any atom is -0.476 e. The summed E-state index contributed by atoms with van der Waals surface area (Å²) in [5, 5.41) is 8.41. The molecule has 0 atom stereocenters. The Hall–Kier alpha value is -1.23. The van der Waals surface area contributed by atoms with E-state index in [2.05, 4.69) is 15.9 Å². The minimum atomic E-state index is -1.70. The Labute approximate surface area is 93.4 Å². The summed E-state index contributed by atoms with van der Waals surface area (Å²) in [4.78, 5) is 10.3. The molecule has 1 aromatic rings. The molecule has 5 heteroatoms. The molecule has 0 bridgehead atoms. The van der Waals surface area contributed by atoms with Gasteiger partial charge in [-0.2, -0.15) is 4.39 Å². The van der Waals surface area contributed by atoms with Crippen LogP contribution in [0.5, 0.6) is 0 Å². The van der Waals surface area contributed by atoms with Crippen molar-refractivity contribution in [1.82, 2.24) is 0 Å². The molecule has 0 aliphatic carbocycles. The number of benzene rings is 1. The number of carboxylic acids is 1. The fourth-order valence-corrected chi connectivity index (χ4v) is 1.42. The second kappa shape index (κ2) is 4.53. The molecule has 0 saturated heterocycles. The summed E-state index contributed by atoms with van der Waals surface area (Å²) in [5.74, 6) is -3.72. The molecule has 0 aromatic heterocycles. The Morgan fingerprint density at radius 1 is 1.47 bits per heavy atom. The lowest BCUT2D eigenvalue weighted by atomic mass is 10.1.